The van der Waals surface area contributed by atoms with Crippen LogP contribution in [0.1, 0.15) is 10.5 Å². The summed E-state index contributed by atoms with van der Waals surface area (Å²) in [6, 6.07) is 13.1. The quantitative estimate of drug-likeness (QED) is 0.679. The molecule has 6 heteroatoms. The standard InChI is InChI=1S/C14H9Br2N3O/c15-8-5-6-12(10(16)7-8)17-14(20)13-9-3-1-2-4-11(9)18-19-13/h1-7H,(H,17,20)(H,18,19). The van der Waals surface area contributed by atoms with Gasteiger partial charge in [-0.05, 0) is 40.2 Å². The Morgan fingerprint density at radius 2 is 1.95 bits per heavy atom. The van der Waals surface area contributed by atoms with E-state index >= 15 is 0 Å². The molecule has 0 saturated carbocycles. The number of hydrogen-bond donors (Lipinski definition) is 2. The molecular weight excluding hydrogens is 386 g/mol. The van der Waals surface area contributed by atoms with E-state index in [4.69, 9.17) is 0 Å². The third-order valence-corrected chi connectivity index (χ3v) is 4.01. The summed E-state index contributed by atoms with van der Waals surface area (Å²) in [5.41, 5.74) is 1.92. The Bertz CT molecular complexity index is 798. The van der Waals surface area contributed by atoms with Crippen molar-refractivity contribution in [1.82, 2.24) is 10.2 Å². The third-order valence-electron chi connectivity index (χ3n) is 2.86. The fraction of sp³-hybridized carbons (Fsp3) is 0. The van der Waals surface area contributed by atoms with E-state index in [2.05, 4.69) is 47.4 Å². The van der Waals surface area contributed by atoms with Gasteiger partial charge in [0.05, 0.1) is 11.2 Å². The minimum absolute atomic E-state index is 0.245. The first-order valence-corrected chi connectivity index (χ1v) is 7.43. The molecule has 0 spiro atoms. The van der Waals surface area contributed by atoms with Gasteiger partial charge in [-0.1, -0.05) is 34.1 Å². The third kappa shape index (κ3) is 2.48. The van der Waals surface area contributed by atoms with Crippen molar-refractivity contribution < 1.29 is 4.79 Å². The number of fused-ring (bicyclic) bond motifs is 1. The SMILES string of the molecule is O=C(Nc1ccc(Br)cc1Br)c1n[nH]c2ccccc12. The molecule has 0 atom stereocenters. The average Bonchev–Trinajstić information content (AvgIpc) is 2.86. The molecule has 3 rings (SSSR count). The number of para-hydroxylation sites is 1. The Labute approximate surface area is 131 Å². The van der Waals surface area contributed by atoms with Gasteiger partial charge < -0.3 is 5.32 Å². The van der Waals surface area contributed by atoms with Crippen molar-refractivity contribution in [2.45, 2.75) is 0 Å². The highest BCUT2D eigenvalue weighted by molar-refractivity contribution is 9.11. The summed E-state index contributed by atoms with van der Waals surface area (Å²) < 4.78 is 1.74. The molecule has 0 aliphatic carbocycles. The van der Waals surface area contributed by atoms with Crippen molar-refractivity contribution in [3.8, 4) is 0 Å². The second kappa shape index (κ2) is 5.38. The number of aromatic amines is 1. The Morgan fingerprint density at radius 1 is 1.15 bits per heavy atom. The van der Waals surface area contributed by atoms with Crippen molar-refractivity contribution in [2.75, 3.05) is 5.32 Å². The number of anilines is 1. The number of nitrogens with one attached hydrogen (secondary N) is 2. The molecule has 0 radical (unpaired) electrons. The van der Waals surface area contributed by atoms with Crippen LogP contribution in [0, 0.1) is 0 Å². The van der Waals surface area contributed by atoms with Gasteiger partial charge in [-0.15, -0.1) is 0 Å². The average molecular weight is 395 g/mol. The number of rotatable bonds is 2. The zero-order valence-corrected chi connectivity index (χ0v) is 13.3. The first-order chi connectivity index (χ1) is 9.65. The molecule has 0 unspecified atom stereocenters. The molecule has 0 bridgehead atoms. The van der Waals surface area contributed by atoms with Crippen LogP contribution in [0.25, 0.3) is 10.9 Å². The fourth-order valence-electron chi connectivity index (χ4n) is 1.91. The maximum Gasteiger partial charge on any atom is 0.276 e. The predicted octanol–water partition coefficient (Wildman–Crippen LogP) is 4.34. The van der Waals surface area contributed by atoms with E-state index in [9.17, 15) is 4.79 Å². The summed E-state index contributed by atoms with van der Waals surface area (Å²) in [5, 5.41) is 10.6. The second-order valence-corrected chi connectivity index (χ2v) is 5.97. The number of carbonyl (C=O) groups is 1. The van der Waals surface area contributed by atoms with Crippen LogP contribution in [-0.2, 0) is 0 Å². The van der Waals surface area contributed by atoms with E-state index in [1.54, 1.807) is 0 Å². The Kier molecular flexibility index (Phi) is 3.58. The van der Waals surface area contributed by atoms with E-state index < -0.39 is 0 Å². The number of nitrogens with zero attached hydrogens (tertiary/aromatic N) is 1. The molecule has 1 aromatic heterocycles. The molecule has 0 saturated heterocycles. The van der Waals surface area contributed by atoms with Gasteiger partial charge in [0.2, 0.25) is 0 Å². The lowest BCUT2D eigenvalue weighted by Gasteiger charge is -2.06. The number of H-pyrrole nitrogens is 1. The minimum atomic E-state index is -0.245. The lowest BCUT2D eigenvalue weighted by molar-refractivity contribution is 0.102. The summed E-state index contributed by atoms with van der Waals surface area (Å²) in [6.45, 7) is 0. The number of hydrogen-bond acceptors (Lipinski definition) is 2. The molecule has 0 aliphatic heterocycles. The van der Waals surface area contributed by atoms with Crippen LogP contribution >= 0.6 is 31.9 Å². The molecule has 2 aromatic carbocycles. The van der Waals surface area contributed by atoms with Crippen molar-refractivity contribution in [3.63, 3.8) is 0 Å². The zero-order chi connectivity index (χ0) is 14.1. The number of aromatic nitrogens is 2. The minimum Gasteiger partial charge on any atom is -0.320 e. The zero-order valence-electron chi connectivity index (χ0n) is 10.2. The maximum atomic E-state index is 12.3. The van der Waals surface area contributed by atoms with Crippen LogP contribution in [0.3, 0.4) is 0 Å². The van der Waals surface area contributed by atoms with Gasteiger partial charge in [-0.25, -0.2) is 0 Å². The second-order valence-electron chi connectivity index (χ2n) is 4.20. The summed E-state index contributed by atoms with van der Waals surface area (Å²) in [6.07, 6.45) is 0. The largest absolute Gasteiger partial charge is 0.320 e. The van der Waals surface area contributed by atoms with E-state index in [1.807, 2.05) is 42.5 Å². The van der Waals surface area contributed by atoms with Gasteiger partial charge in [-0.2, -0.15) is 5.10 Å². The van der Waals surface area contributed by atoms with Crippen molar-refractivity contribution in [1.29, 1.82) is 0 Å². The normalized spacial score (nSPS) is 10.7. The van der Waals surface area contributed by atoms with Gasteiger partial charge in [-0.3, -0.25) is 9.89 Å². The van der Waals surface area contributed by atoms with Crippen LogP contribution in [0.5, 0.6) is 0 Å². The fourth-order valence-corrected chi connectivity index (χ4v) is 3.06. The number of carbonyl (C=O) groups excluding carboxylic acids is 1. The first-order valence-electron chi connectivity index (χ1n) is 5.84. The first kappa shape index (κ1) is 13.3. The summed E-state index contributed by atoms with van der Waals surface area (Å²) in [4.78, 5) is 12.3. The van der Waals surface area contributed by atoms with Crippen LogP contribution in [0.2, 0.25) is 0 Å². The van der Waals surface area contributed by atoms with Crippen LogP contribution in [-0.4, -0.2) is 16.1 Å². The van der Waals surface area contributed by atoms with Crippen LogP contribution in [0.15, 0.2) is 51.4 Å². The smallest absolute Gasteiger partial charge is 0.276 e. The van der Waals surface area contributed by atoms with Crippen molar-refractivity contribution >= 4 is 54.4 Å². The molecule has 1 amide bonds. The molecule has 100 valence electrons. The Balaban J connectivity index is 1.93. The number of halogens is 2. The van der Waals surface area contributed by atoms with Crippen LogP contribution in [0.4, 0.5) is 5.69 Å². The maximum absolute atomic E-state index is 12.3. The molecule has 0 aliphatic rings. The number of amides is 1. The highest BCUT2D eigenvalue weighted by atomic mass is 79.9. The summed E-state index contributed by atoms with van der Waals surface area (Å²) in [5.74, 6) is -0.245. The topological polar surface area (TPSA) is 57.8 Å². The molecule has 20 heavy (non-hydrogen) atoms. The van der Waals surface area contributed by atoms with E-state index in [1.165, 1.54) is 0 Å². The van der Waals surface area contributed by atoms with Gasteiger partial charge in [0, 0.05) is 14.3 Å². The van der Waals surface area contributed by atoms with E-state index in [0.717, 1.165) is 19.8 Å². The molecule has 0 fully saturated rings. The summed E-state index contributed by atoms with van der Waals surface area (Å²) >= 11 is 6.79. The Hall–Kier alpha value is -1.66. The van der Waals surface area contributed by atoms with E-state index in [0.29, 0.717) is 11.4 Å². The molecule has 2 N–H and O–H groups in total. The highest BCUT2D eigenvalue weighted by Crippen LogP contribution is 2.27. The van der Waals surface area contributed by atoms with Crippen molar-refractivity contribution in [3.05, 3.63) is 57.1 Å². The number of benzene rings is 2. The van der Waals surface area contributed by atoms with Gasteiger partial charge in [0.1, 0.15) is 0 Å². The van der Waals surface area contributed by atoms with Gasteiger partial charge in [0.25, 0.3) is 5.91 Å². The lowest BCUT2D eigenvalue weighted by Crippen LogP contribution is -2.13. The van der Waals surface area contributed by atoms with Gasteiger partial charge in [0.15, 0.2) is 5.69 Å². The monoisotopic (exact) mass is 393 g/mol. The molecular formula is C14H9Br2N3O. The molecule has 1 heterocycles. The summed E-state index contributed by atoms with van der Waals surface area (Å²) in [7, 11) is 0. The Morgan fingerprint density at radius 3 is 2.75 bits per heavy atom. The predicted molar refractivity (Wildman–Crippen MR) is 85.9 cm³/mol. The molecule has 4 nitrogen and oxygen atoms in total. The lowest BCUT2D eigenvalue weighted by atomic mass is 10.2. The van der Waals surface area contributed by atoms with Crippen LogP contribution < -0.4 is 5.32 Å². The van der Waals surface area contributed by atoms with E-state index in [-0.39, 0.29) is 5.91 Å². The van der Waals surface area contributed by atoms with Crippen molar-refractivity contribution in [2.24, 2.45) is 0 Å². The highest BCUT2D eigenvalue weighted by Gasteiger charge is 2.14. The van der Waals surface area contributed by atoms with Gasteiger partial charge >= 0.3 is 0 Å². The molecule has 3 aromatic rings.